The third kappa shape index (κ3) is 18.9. The second-order valence-electron chi connectivity index (χ2n) is 32.5. The van der Waals surface area contributed by atoms with E-state index in [4.69, 9.17) is 19.8 Å². The first-order valence-electron chi connectivity index (χ1n) is 42.7. The smallest absolute Gasteiger partial charge is 0.303 e. The maximum Gasteiger partial charge on any atom is 0.471 e. The maximum absolute atomic E-state index is 13.7. The second-order valence-corrected chi connectivity index (χ2v) is 33.7. The molecule has 4 aliphatic rings. The van der Waals surface area contributed by atoms with Gasteiger partial charge in [0.05, 0.1) is 81.9 Å². The molecule has 2 aliphatic heterocycles. The number of hydrogen-bond donors (Lipinski definition) is 4. The monoisotopic (exact) mass is 1710 g/mol. The van der Waals surface area contributed by atoms with Crippen molar-refractivity contribution in [2.45, 2.75) is 105 Å². The molecule has 128 heavy (non-hydrogen) atoms. The predicted molar refractivity (Wildman–Crippen MR) is 506 cm³/mol. The zero-order chi connectivity index (χ0) is 87.8. The lowest BCUT2D eigenvalue weighted by Crippen LogP contribution is -2.01. The van der Waals surface area contributed by atoms with Crippen LogP contribution in [0.3, 0.4) is 0 Å². The minimum Gasteiger partial charge on any atom is -0.303 e. The highest BCUT2D eigenvalue weighted by Crippen LogP contribution is 2.43. The molecule has 0 atom stereocenters. The Morgan fingerprint density at radius 3 is 1.40 bits per heavy atom. The number of nitrogens with zero attached hydrogens (tertiary/aromatic N) is 13. The zero-order valence-electron chi connectivity index (χ0n) is 71.2. The van der Waals surface area contributed by atoms with E-state index in [0.717, 1.165) is 156 Å². The van der Waals surface area contributed by atoms with Gasteiger partial charge in [-0.05, 0) is 262 Å². The van der Waals surface area contributed by atoms with Gasteiger partial charge in [0.15, 0.2) is 6.73 Å². The van der Waals surface area contributed by atoms with Crippen LogP contribution in [-0.4, -0.2) is 87.3 Å². The van der Waals surface area contributed by atoms with Gasteiger partial charge in [0.25, 0.3) is 0 Å². The first-order valence-corrected chi connectivity index (χ1v) is 44.2. The standard InChI is InChI=1S/C23H21N3.C23H19N3.C20H17FN3O4P.C20H16FN3.C20H17N3/c2*1-2-6-16(5-1)17-7-3-8-18(11-17)23-21(9-4-10-25-23)19-12-20-13-24-15-22(20)26-14-19;1-13-9-15(4-6-18(13)21)20-17(3-2-8-22-20)14-5-7-19-16(10-14)11-24(23-19)12-28-29(25,26)27;1-12-9-19-15(11-23-24-19)10-17(12)16-4-3-7-22-20(16)14-5-6-18(21)13(2)8-14;1-13-5-3-6-15(9-13)20-17(7-4-8-21-20)18-11-16-12-22-23-19(16)10-14(18)2/h3-4,7-14,16H,1-2,5-6,15H2;3-5,7-14H,1-2,6,15H2;2-11H,12H2,1H3,(H2,25,26,27);3-11H,1-2H3,(H,23,24);3-12H,1-2H3,(H,22,23). The number of aromatic nitrogens is 13. The summed E-state index contributed by atoms with van der Waals surface area (Å²) in [6, 6.07) is 74.8. The van der Waals surface area contributed by atoms with Gasteiger partial charge in [-0.3, -0.25) is 59.6 Å². The summed E-state index contributed by atoms with van der Waals surface area (Å²) in [4.78, 5) is 58.6. The van der Waals surface area contributed by atoms with E-state index in [1.807, 2.05) is 116 Å². The number of aryl methyl sites for hydroxylation is 5. The summed E-state index contributed by atoms with van der Waals surface area (Å²) in [6.07, 6.45) is 33.4. The first kappa shape index (κ1) is 84.1. The molecule has 1 saturated carbocycles. The number of rotatable bonds is 15. The highest BCUT2D eigenvalue weighted by Gasteiger charge is 2.23. The molecule has 0 unspecified atom stereocenters. The quantitative estimate of drug-likeness (QED) is 0.0696. The summed E-state index contributed by atoms with van der Waals surface area (Å²) in [6.45, 7) is 10.8. The Bertz CT molecular complexity index is 7350. The Hall–Kier alpha value is -14.7. The van der Waals surface area contributed by atoms with E-state index in [2.05, 4.69) is 225 Å². The number of aromatic amines is 2. The molecule has 18 aromatic rings. The molecule has 0 amide bonds. The van der Waals surface area contributed by atoms with Crippen LogP contribution in [0.25, 0.3) is 150 Å². The molecule has 632 valence electrons. The molecular formula is C106H90F2N15O4P. The summed E-state index contributed by atoms with van der Waals surface area (Å²) >= 11 is 0. The Labute approximate surface area is 739 Å². The van der Waals surface area contributed by atoms with Gasteiger partial charge in [0, 0.05) is 156 Å². The molecule has 0 spiro atoms. The molecule has 2 aliphatic carbocycles. The lowest BCUT2D eigenvalue weighted by atomic mass is 9.93. The number of phosphoric ester groups is 1. The SMILES string of the molecule is C1=NCc2ncc(-c3cccnc3-c3cccc(C4=CCCC4)c3)cc21.C1=NCc2ncc(-c3cccnc3-c3cccc(C4CCCC4)c3)cc21.Cc1cc(-c2ncccc2-c2cc3cn[nH]c3cc2C)ccc1F.Cc1cc(-c2ncccc2-c2ccc3nn(COP(=O)(O)O)cc3c2)ccc1F.Cc1cccc(-c2ncccc2-c2cc3cn[nH]c3cc2C)c1. The van der Waals surface area contributed by atoms with Gasteiger partial charge in [-0.1, -0.05) is 115 Å². The number of aliphatic imine (C=N–C) groups is 2. The van der Waals surface area contributed by atoms with Crippen LogP contribution >= 0.6 is 7.82 Å². The summed E-state index contributed by atoms with van der Waals surface area (Å²) in [5.41, 5.74) is 36.6. The van der Waals surface area contributed by atoms with Crippen molar-refractivity contribution in [1.82, 2.24) is 65.1 Å². The highest BCUT2D eigenvalue weighted by molar-refractivity contribution is 7.46. The van der Waals surface area contributed by atoms with E-state index >= 15 is 0 Å². The van der Waals surface area contributed by atoms with Crippen molar-refractivity contribution in [2.75, 3.05) is 0 Å². The van der Waals surface area contributed by atoms with E-state index < -0.39 is 7.82 Å². The van der Waals surface area contributed by atoms with Crippen molar-refractivity contribution >= 4 is 58.5 Å². The molecule has 4 N–H and O–H groups in total. The molecule has 1 fully saturated rings. The van der Waals surface area contributed by atoms with Crippen LogP contribution in [0.4, 0.5) is 8.78 Å². The molecule has 0 radical (unpaired) electrons. The third-order valence-corrected chi connectivity index (χ3v) is 24.1. The Kier molecular flexibility index (Phi) is 24.7. The third-order valence-electron chi connectivity index (χ3n) is 23.7. The van der Waals surface area contributed by atoms with Crippen molar-refractivity contribution in [3.05, 3.63) is 366 Å². The van der Waals surface area contributed by atoms with Crippen molar-refractivity contribution in [3.63, 3.8) is 0 Å². The summed E-state index contributed by atoms with van der Waals surface area (Å²) < 4.78 is 44.0. The molecule has 19 nitrogen and oxygen atoms in total. The zero-order valence-corrected chi connectivity index (χ0v) is 72.1. The van der Waals surface area contributed by atoms with Crippen LogP contribution < -0.4 is 0 Å². The summed E-state index contributed by atoms with van der Waals surface area (Å²) in [5.74, 6) is 0.241. The Balaban J connectivity index is 0.000000108. The summed E-state index contributed by atoms with van der Waals surface area (Å²) in [7, 11) is -4.58. The molecule has 0 bridgehead atoms. The minimum absolute atomic E-state index is 0.202. The van der Waals surface area contributed by atoms with Gasteiger partial charge < -0.3 is 9.79 Å². The fraction of sp³-hybridized carbons (Fsp3) is 0.151. The van der Waals surface area contributed by atoms with Crippen molar-refractivity contribution in [3.8, 4) is 112 Å². The number of H-pyrrole nitrogens is 2. The first-order chi connectivity index (χ1) is 62.4. The van der Waals surface area contributed by atoms with Crippen molar-refractivity contribution in [2.24, 2.45) is 9.98 Å². The number of pyridine rings is 7. The molecule has 0 saturated heterocycles. The lowest BCUT2D eigenvalue weighted by molar-refractivity contribution is 0.146. The predicted octanol–water partition coefficient (Wildman–Crippen LogP) is 24.9. The lowest BCUT2D eigenvalue weighted by Gasteiger charge is -2.13. The number of halogens is 2. The Morgan fingerprint density at radius 2 is 0.891 bits per heavy atom. The van der Waals surface area contributed by atoms with Gasteiger partial charge in [-0.25, -0.2) is 18.0 Å². The van der Waals surface area contributed by atoms with E-state index in [1.54, 1.807) is 50.6 Å². The van der Waals surface area contributed by atoms with E-state index in [-0.39, 0.29) is 18.4 Å². The van der Waals surface area contributed by atoms with Gasteiger partial charge >= 0.3 is 7.82 Å². The topological polar surface area (TPSA) is 257 Å². The van der Waals surface area contributed by atoms with Crippen LogP contribution in [0.15, 0.2) is 302 Å². The number of benzene rings is 8. The fourth-order valence-electron chi connectivity index (χ4n) is 17.2. The average Bonchev–Trinajstić information content (AvgIpc) is 1.40. The number of nitrogens with one attached hydrogen (secondary N) is 2. The van der Waals surface area contributed by atoms with Crippen LogP contribution in [0.2, 0.25) is 0 Å². The second kappa shape index (κ2) is 37.6. The Morgan fingerprint density at radius 1 is 0.422 bits per heavy atom. The number of phosphoric acid groups is 1. The van der Waals surface area contributed by atoms with Crippen LogP contribution in [0.1, 0.15) is 112 Å². The van der Waals surface area contributed by atoms with E-state index in [1.165, 1.54) is 101 Å². The molecule has 22 rings (SSSR count). The molecule has 10 aromatic heterocycles. The average molecular weight is 1710 g/mol. The fourth-order valence-corrected chi connectivity index (χ4v) is 17.4. The summed E-state index contributed by atoms with van der Waals surface area (Å²) in [5, 5.41) is 21.4. The maximum atomic E-state index is 13.7. The molecular weight excluding hydrogens is 1620 g/mol. The minimum atomic E-state index is -4.58. The van der Waals surface area contributed by atoms with Crippen molar-refractivity contribution in [1.29, 1.82) is 0 Å². The van der Waals surface area contributed by atoms with Gasteiger partial charge in [0.1, 0.15) is 11.6 Å². The van der Waals surface area contributed by atoms with Crippen LogP contribution in [0.5, 0.6) is 0 Å². The number of fused-ring (bicyclic) bond motifs is 5. The molecule has 8 aromatic carbocycles. The van der Waals surface area contributed by atoms with E-state index in [9.17, 15) is 13.3 Å². The van der Waals surface area contributed by atoms with Crippen LogP contribution in [0, 0.1) is 46.3 Å². The van der Waals surface area contributed by atoms with Gasteiger partial charge in [-0.2, -0.15) is 15.3 Å². The highest BCUT2D eigenvalue weighted by atomic mass is 31.2. The van der Waals surface area contributed by atoms with Crippen LogP contribution in [-0.2, 0) is 28.9 Å². The van der Waals surface area contributed by atoms with E-state index in [0.29, 0.717) is 35.7 Å². The van der Waals surface area contributed by atoms with Gasteiger partial charge in [0.2, 0.25) is 0 Å². The van der Waals surface area contributed by atoms with Gasteiger partial charge in [-0.15, -0.1) is 0 Å². The largest absolute Gasteiger partial charge is 0.471 e. The normalized spacial score (nSPS) is 13.1. The molecule has 22 heteroatoms. The van der Waals surface area contributed by atoms with Crippen molar-refractivity contribution < 1.29 is 27.7 Å². The molecule has 12 heterocycles. The number of allylic oxidation sites excluding steroid dienone is 2. The number of hydrogen-bond acceptors (Lipinski definition) is 14.